The molecule has 0 unspecified atom stereocenters. The van der Waals surface area contributed by atoms with E-state index in [0.717, 1.165) is 18.4 Å². The summed E-state index contributed by atoms with van der Waals surface area (Å²) in [4.78, 5) is 14.4. The standard InChI is InChI=1S/C20H33N3O3S/c1-5-16(3)18-7-9-19(10-8-18)27(25,26)23-13-11-22(12-14-23)15-20(24)21-17(4)6-2/h7-10,16-17H,5-6,11-15H2,1-4H3,(H,21,24)/t16-,17-/m0/s1. The van der Waals surface area contributed by atoms with E-state index in [-0.39, 0.29) is 11.9 Å². The van der Waals surface area contributed by atoms with Gasteiger partial charge in [-0.15, -0.1) is 0 Å². The maximum Gasteiger partial charge on any atom is 0.243 e. The molecule has 0 radical (unpaired) electrons. The molecule has 2 rings (SSSR count). The average molecular weight is 396 g/mol. The fourth-order valence-electron chi connectivity index (χ4n) is 3.11. The number of nitrogens with zero attached hydrogens (tertiary/aromatic N) is 2. The molecule has 1 N–H and O–H groups in total. The summed E-state index contributed by atoms with van der Waals surface area (Å²) < 4.78 is 27.3. The lowest BCUT2D eigenvalue weighted by Gasteiger charge is -2.33. The van der Waals surface area contributed by atoms with Gasteiger partial charge in [-0.05, 0) is 43.4 Å². The van der Waals surface area contributed by atoms with Gasteiger partial charge in [-0.1, -0.05) is 32.9 Å². The van der Waals surface area contributed by atoms with E-state index >= 15 is 0 Å². The van der Waals surface area contributed by atoms with Crippen LogP contribution >= 0.6 is 0 Å². The lowest BCUT2D eigenvalue weighted by molar-refractivity contribution is -0.123. The van der Waals surface area contributed by atoms with Gasteiger partial charge in [0.2, 0.25) is 15.9 Å². The average Bonchev–Trinajstić information content (AvgIpc) is 2.67. The zero-order valence-electron chi connectivity index (χ0n) is 16.9. The molecule has 1 amide bonds. The molecule has 1 aromatic rings. The van der Waals surface area contributed by atoms with Crippen LogP contribution in [0.15, 0.2) is 29.2 Å². The van der Waals surface area contributed by atoms with Crippen molar-refractivity contribution in [2.75, 3.05) is 32.7 Å². The Hall–Kier alpha value is -1.44. The van der Waals surface area contributed by atoms with Crippen LogP contribution < -0.4 is 5.32 Å². The highest BCUT2D eigenvalue weighted by Crippen LogP contribution is 2.23. The van der Waals surface area contributed by atoms with Gasteiger partial charge in [0, 0.05) is 32.2 Å². The first-order valence-corrected chi connectivity index (χ1v) is 11.3. The Morgan fingerprint density at radius 3 is 2.15 bits per heavy atom. The molecule has 1 saturated heterocycles. The van der Waals surface area contributed by atoms with E-state index in [4.69, 9.17) is 0 Å². The smallest absolute Gasteiger partial charge is 0.243 e. The highest BCUT2D eigenvalue weighted by Gasteiger charge is 2.29. The minimum Gasteiger partial charge on any atom is -0.353 e. The summed E-state index contributed by atoms with van der Waals surface area (Å²) in [5.41, 5.74) is 1.16. The van der Waals surface area contributed by atoms with Gasteiger partial charge < -0.3 is 5.32 Å². The van der Waals surface area contributed by atoms with Gasteiger partial charge in [0.15, 0.2) is 0 Å². The molecule has 1 aliphatic rings. The second kappa shape index (κ2) is 9.66. The topological polar surface area (TPSA) is 69.7 Å². The number of sulfonamides is 1. The molecule has 0 aromatic heterocycles. The predicted octanol–water partition coefficient (Wildman–Crippen LogP) is 2.42. The van der Waals surface area contributed by atoms with Crippen molar-refractivity contribution in [3.8, 4) is 0 Å². The van der Waals surface area contributed by atoms with Crippen molar-refractivity contribution >= 4 is 15.9 Å². The number of hydrogen-bond donors (Lipinski definition) is 1. The van der Waals surface area contributed by atoms with Gasteiger partial charge in [-0.25, -0.2) is 8.42 Å². The van der Waals surface area contributed by atoms with Crippen molar-refractivity contribution in [1.29, 1.82) is 0 Å². The molecular weight excluding hydrogens is 362 g/mol. The first-order chi connectivity index (χ1) is 12.8. The molecule has 2 atom stereocenters. The third-order valence-corrected chi connectivity index (χ3v) is 7.33. The highest BCUT2D eigenvalue weighted by molar-refractivity contribution is 7.89. The van der Waals surface area contributed by atoms with Gasteiger partial charge in [0.1, 0.15) is 0 Å². The molecule has 7 heteroatoms. The summed E-state index contributed by atoms with van der Waals surface area (Å²) in [6.45, 7) is 10.5. The Morgan fingerprint density at radius 1 is 1.04 bits per heavy atom. The van der Waals surface area contributed by atoms with Gasteiger partial charge in [0.05, 0.1) is 11.4 Å². The molecule has 1 heterocycles. The van der Waals surface area contributed by atoms with Crippen molar-refractivity contribution in [3.63, 3.8) is 0 Å². The van der Waals surface area contributed by atoms with Crippen molar-refractivity contribution in [2.45, 2.75) is 57.4 Å². The number of carbonyl (C=O) groups excluding carboxylic acids is 1. The fourth-order valence-corrected chi connectivity index (χ4v) is 4.53. The van der Waals surface area contributed by atoms with Crippen molar-refractivity contribution in [2.24, 2.45) is 0 Å². The molecule has 152 valence electrons. The Bertz CT molecular complexity index is 710. The molecule has 0 bridgehead atoms. The predicted molar refractivity (Wildman–Crippen MR) is 108 cm³/mol. The largest absolute Gasteiger partial charge is 0.353 e. The third-order valence-electron chi connectivity index (χ3n) is 5.42. The van der Waals surface area contributed by atoms with Crippen LogP contribution in [0.3, 0.4) is 0 Å². The van der Waals surface area contributed by atoms with E-state index in [1.165, 1.54) is 4.31 Å². The second-order valence-electron chi connectivity index (χ2n) is 7.44. The molecule has 27 heavy (non-hydrogen) atoms. The Kier molecular flexibility index (Phi) is 7.82. The molecule has 0 saturated carbocycles. The molecule has 1 aromatic carbocycles. The SMILES string of the molecule is CC[C@H](C)NC(=O)CN1CCN(S(=O)(=O)c2ccc([C@@H](C)CC)cc2)CC1. The monoisotopic (exact) mass is 395 g/mol. The van der Waals surface area contributed by atoms with Gasteiger partial charge in [-0.3, -0.25) is 9.69 Å². The summed E-state index contributed by atoms with van der Waals surface area (Å²) in [6.07, 6.45) is 1.92. The number of hydrogen-bond acceptors (Lipinski definition) is 4. The van der Waals surface area contributed by atoms with Gasteiger partial charge in [0.25, 0.3) is 0 Å². The zero-order valence-corrected chi connectivity index (χ0v) is 17.8. The van der Waals surface area contributed by atoms with Crippen molar-refractivity contribution in [1.82, 2.24) is 14.5 Å². The Labute approximate surface area is 164 Å². The minimum absolute atomic E-state index is 0.00119. The number of benzene rings is 1. The maximum atomic E-state index is 12.9. The molecule has 0 aliphatic carbocycles. The van der Waals surface area contributed by atoms with E-state index in [1.807, 2.05) is 30.9 Å². The highest BCUT2D eigenvalue weighted by atomic mass is 32.2. The molecule has 0 spiro atoms. The van der Waals surface area contributed by atoms with Crippen LogP contribution in [0.4, 0.5) is 0 Å². The molecular formula is C20H33N3O3S. The molecule has 1 aliphatic heterocycles. The van der Waals surface area contributed by atoms with E-state index < -0.39 is 10.0 Å². The Morgan fingerprint density at radius 2 is 1.63 bits per heavy atom. The van der Waals surface area contributed by atoms with Crippen LogP contribution in [0, 0.1) is 0 Å². The summed E-state index contributed by atoms with van der Waals surface area (Å²) in [6, 6.07) is 7.41. The van der Waals surface area contributed by atoms with Crippen molar-refractivity contribution in [3.05, 3.63) is 29.8 Å². The summed E-state index contributed by atoms with van der Waals surface area (Å²) in [5, 5.41) is 2.95. The summed E-state index contributed by atoms with van der Waals surface area (Å²) in [5.74, 6) is 0.424. The summed E-state index contributed by atoms with van der Waals surface area (Å²) in [7, 11) is -3.48. The van der Waals surface area contributed by atoms with Crippen LogP contribution in [-0.2, 0) is 14.8 Å². The number of piperazine rings is 1. The number of nitrogens with one attached hydrogen (secondary N) is 1. The quantitative estimate of drug-likeness (QED) is 0.734. The number of amides is 1. The third kappa shape index (κ3) is 5.77. The number of rotatable bonds is 8. The second-order valence-corrected chi connectivity index (χ2v) is 9.37. The van der Waals surface area contributed by atoms with Gasteiger partial charge >= 0.3 is 0 Å². The number of carbonyl (C=O) groups is 1. The van der Waals surface area contributed by atoms with Crippen LogP contribution in [-0.4, -0.2) is 62.3 Å². The van der Waals surface area contributed by atoms with E-state index in [1.54, 1.807) is 12.1 Å². The maximum absolute atomic E-state index is 12.9. The molecule has 6 nitrogen and oxygen atoms in total. The van der Waals surface area contributed by atoms with E-state index in [2.05, 4.69) is 19.2 Å². The van der Waals surface area contributed by atoms with E-state index in [9.17, 15) is 13.2 Å². The normalized spacial score (nSPS) is 18.8. The van der Waals surface area contributed by atoms with Crippen LogP contribution in [0.2, 0.25) is 0 Å². The van der Waals surface area contributed by atoms with Crippen LogP contribution in [0.5, 0.6) is 0 Å². The van der Waals surface area contributed by atoms with E-state index in [0.29, 0.717) is 43.5 Å². The molecule has 1 fully saturated rings. The Balaban J connectivity index is 1.93. The fraction of sp³-hybridized carbons (Fsp3) is 0.650. The van der Waals surface area contributed by atoms with Gasteiger partial charge in [-0.2, -0.15) is 4.31 Å². The summed E-state index contributed by atoms with van der Waals surface area (Å²) >= 11 is 0. The van der Waals surface area contributed by atoms with Crippen LogP contribution in [0.1, 0.15) is 52.0 Å². The zero-order chi connectivity index (χ0) is 20.0. The lowest BCUT2D eigenvalue weighted by Crippen LogP contribution is -2.51. The first-order valence-electron chi connectivity index (χ1n) is 9.89. The first kappa shape index (κ1) is 21.9. The minimum atomic E-state index is -3.48. The van der Waals surface area contributed by atoms with Crippen molar-refractivity contribution < 1.29 is 13.2 Å². The van der Waals surface area contributed by atoms with Crippen LogP contribution in [0.25, 0.3) is 0 Å². The lowest BCUT2D eigenvalue weighted by atomic mass is 9.99.